The van der Waals surface area contributed by atoms with Crippen LogP contribution in [-0.2, 0) is 26.0 Å². The Morgan fingerprint density at radius 1 is 1.07 bits per heavy atom. The van der Waals surface area contributed by atoms with Crippen molar-refractivity contribution < 1.29 is 34.8 Å². The first-order valence-corrected chi connectivity index (χ1v) is 12.0. The molecule has 1 saturated heterocycles. The van der Waals surface area contributed by atoms with Crippen LogP contribution in [0.5, 0.6) is 0 Å². The zero-order valence-electron chi connectivity index (χ0n) is 15.3. The number of hydrogen-bond acceptors (Lipinski definition) is 5. The summed E-state index contributed by atoms with van der Waals surface area (Å²) in [6.07, 6.45) is -4.43. The van der Waals surface area contributed by atoms with Gasteiger partial charge in [-0.1, -0.05) is 12.1 Å². The van der Waals surface area contributed by atoms with Crippen LogP contribution in [0.2, 0.25) is 0 Å². The molecular formula is C18H17F3N2O5S2. The number of carbonyl (C=O) groups excluding carboxylic acids is 1. The van der Waals surface area contributed by atoms with Gasteiger partial charge in [0.05, 0.1) is 22.0 Å². The third kappa shape index (κ3) is 5.37. The zero-order valence-corrected chi connectivity index (χ0v) is 16.9. The summed E-state index contributed by atoms with van der Waals surface area (Å²) < 4.78 is 88.8. The lowest BCUT2D eigenvalue weighted by Crippen LogP contribution is -2.35. The van der Waals surface area contributed by atoms with Crippen molar-refractivity contribution in [2.24, 2.45) is 0 Å². The van der Waals surface area contributed by atoms with Crippen molar-refractivity contribution in [1.82, 2.24) is 4.72 Å². The highest BCUT2D eigenvalue weighted by molar-refractivity contribution is 7.92. The van der Waals surface area contributed by atoms with E-state index in [1.54, 1.807) is 0 Å². The third-order valence-electron chi connectivity index (χ3n) is 4.41. The Kier molecular flexibility index (Phi) is 5.94. The number of sulfone groups is 1. The van der Waals surface area contributed by atoms with Gasteiger partial charge in [-0.3, -0.25) is 4.79 Å². The van der Waals surface area contributed by atoms with Crippen LogP contribution >= 0.6 is 0 Å². The molecule has 1 unspecified atom stereocenters. The fraction of sp³-hybridized carbons (Fsp3) is 0.278. The Hall–Kier alpha value is -2.44. The Morgan fingerprint density at radius 3 is 2.40 bits per heavy atom. The number of sulfonamides is 1. The second-order valence-corrected chi connectivity index (χ2v) is 10.7. The van der Waals surface area contributed by atoms with Crippen LogP contribution in [0.4, 0.5) is 18.9 Å². The number of alkyl halides is 3. The molecule has 1 amide bonds. The van der Waals surface area contributed by atoms with Crippen LogP contribution in [0.1, 0.15) is 22.3 Å². The quantitative estimate of drug-likeness (QED) is 0.709. The van der Waals surface area contributed by atoms with E-state index in [9.17, 15) is 34.8 Å². The van der Waals surface area contributed by atoms with Crippen molar-refractivity contribution >= 4 is 31.5 Å². The number of halogens is 3. The fourth-order valence-corrected chi connectivity index (χ4v) is 6.05. The summed E-state index contributed by atoms with van der Waals surface area (Å²) in [6.45, 7) is 0. The molecule has 3 rings (SSSR count). The van der Waals surface area contributed by atoms with Crippen molar-refractivity contribution in [2.75, 3.05) is 16.8 Å². The van der Waals surface area contributed by atoms with E-state index in [-0.39, 0.29) is 34.1 Å². The fourth-order valence-electron chi connectivity index (χ4n) is 2.96. The minimum atomic E-state index is -4.58. The highest BCUT2D eigenvalue weighted by atomic mass is 32.2. The first-order valence-electron chi connectivity index (χ1n) is 8.67. The molecule has 2 N–H and O–H groups in total. The van der Waals surface area contributed by atoms with Crippen LogP contribution in [0.25, 0.3) is 0 Å². The molecule has 0 bridgehead atoms. The van der Waals surface area contributed by atoms with Crippen molar-refractivity contribution in [3.63, 3.8) is 0 Å². The molecule has 0 aliphatic carbocycles. The van der Waals surface area contributed by atoms with Crippen molar-refractivity contribution in [3.05, 3.63) is 59.7 Å². The Bertz CT molecular complexity index is 1180. The number of carbonyl (C=O) groups is 1. The maximum Gasteiger partial charge on any atom is 0.416 e. The molecule has 1 atom stereocenters. The highest BCUT2D eigenvalue weighted by Gasteiger charge is 2.32. The van der Waals surface area contributed by atoms with E-state index in [2.05, 4.69) is 10.0 Å². The predicted octanol–water partition coefficient (Wildman–Crippen LogP) is 2.42. The molecular weight excluding hydrogens is 445 g/mol. The summed E-state index contributed by atoms with van der Waals surface area (Å²) in [5.41, 5.74) is -1.13. The average molecular weight is 462 g/mol. The minimum absolute atomic E-state index is 0.0886. The summed E-state index contributed by atoms with van der Waals surface area (Å²) in [6, 6.07) is 8.18. The Labute approximate surface area is 171 Å². The van der Waals surface area contributed by atoms with Gasteiger partial charge in [-0.05, 0) is 42.8 Å². The molecule has 2 aromatic rings. The maximum absolute atomic E-state index is 12.8. The smallest absolute Gasteiger partial charge is 0.322 e. The van der Waals surface area contributed by atoms with Crippen LogP contribution in [-0.4, -0.2) is 40.3 Å². The lowest BCUT2D eigenvalue weighted by atomic mass is 10.1. The van der Waals surface area contributed by atoms with Crippen LogP contribution in [0.15, 0.2) is 53.4 Å². The number of hydrogen-bond donors (Lipinski definition) is 2. The minimum Gasteiger partial charge on any atom is -0.322 e. The standard InChI is InChI=1S/C18H17F3N2O5S2/c19-18(20,21)13-4-2-5-14(10-13)22-17(24)12-3-1-6-16(9-12)30(27,28)23-15-7-8-29(25,26)11-15/h1-6,9-10,15,23H,7-8,11H2,(H,22,24). The molecule has 0 spiro atoms. The van der Waals surface area contributed by atoms with E-state index >= 15 is 0 Å². The average Bonchev–Trinajstić information content (AvgIpc) is 2.99. The molecule has 30 heavy (non-hydrogen) atoms. The summed E-state index contributed by atoms with van der Waals surface area (Å²) in [5.74, 6) is -1.21. The highest BCUT2D eigenvalue weighted by Crippen LogP contribution is 2.30. The van der Waals surface area contributed by atoms with Gasteiger partial charge in [-0.15, -0.1) is 0 Å². The predicted molar refractivity (Wildman–Crippen MR) is 103 cm³/mol. The molecule has 1 aliphatic heterocycles. The van der Waals surface area contributed by atoms with E-state index < -0.39 is 43.5 Å². The van der Waals surface area contributed by atoms with Gasteiger partial charge in [0, 0.05) is 17.3 Å². The molecule has 12 heteroatoms. The molecule has 1 heterocycles. The van der Waals surface area contributed by atoms with E-state index in [0.29, 0.717) is 0 Å². The van der Waals surface area contributed by atoms with Crippen LogP contribution < -0.4 is 10.0 Å². The molecule has 1 aliphatic rings. The van der Waals surface area contributed by atoms with Gasteiger partial charge in [-0.25, -0.2) is 21.6 Å². The Balaban J connectivity index is 1.77. The number of benzene rings is 2. The maximum atomic E-state index is 12.8. The molecule has 2 aromatic carbocycles. The molecule has 0 radical (unpaired) electrons. The SMILES string of the molecule is O=C(Nc1cccc(C(F)(F)F)c1)c1cccc(S(=O)(=O)NC2CCS(=O)(=O)C2)c1. The number of anilines is 1. The topological polar surface area (TPSA) is 109 Å². The van der Waals surface area contributed by atoms with Crippen LogP contribution in [0.3, 0.4) is 0 Å². The van der Waals surface area contributed by atoms with Gasteiger partial charge >= 0.3 is 6.18 Å². The lowest BCUT2D eigenvalue weighted by Gasteiger charge is -2.13. The van der Waals surface area contributed by atoms with Crippen molar-refractivity contribution in [1.29, 1.82) is 0 Å². The Morgan fingerprint density at radius 2 is 1.77 bits per heavy atom. The summed E-state index contributed by atoms with van der Waals surface area (Å²) in [5, 5.41) is 2.30. The molecule has 7 nitrogen and oxygen atoms in total. The van der Waals surface area contributed by atoms with Gasteiger partial charge in [0.15, 0.2) is 9.84 Å². The number of rotatable bonds is 5. The largest absolute Gasteiger partial charge is 0.416 e. The zero-order chi connectivity index (χ0) is 22.2. The molecule has 162 valence electrons. The van der Waals surface area contributed by atoms with Crippen molar-refractivity contribution in [2.45, 2.75) is 23.5 Å². The summed E-state index contributed by atoms with van der Waals surface area (Å²) >= 11 is 0. The van der Waals surface area contributed by atoms with E-state index in [4.69, 9.17) is 0 Å². The molecule has 1 fully saturated rings. The number of amides is 1. The number of nitrogens with one attached hydrogen (secondary N) is 2. The lowest BCUT2D eigenvalue weighted by molar-refractivity contribution is -0.137. The monoisotopic (exact) mass is 462 g/mol. The van der Waals surface area contributed by atoms with E-state index in [0.717, 1.165) is 24.3 Å². The van der Waals surface area contributed by atoms with Gasteiger partial charge in [0.2, 0.25) is 10.0 Å². The summed E-state index contributed by atoms with van der Waals surface area (Å²) in [4.78, 5) is 12.1. The second-order valence-electron chi connectivity index (χ2n) is 6.78. The molecule has 0 aromatic heterocycles. The first-order chi connectivity index (χ1) is 13.9. The van der Waals surface area contributed by atoms with Gasteiger partial charge in [-0.2, -0.15) is 13.2 Å². The first kappa shape index (κ1) is 22.2. The van der Waals surface area contributed by atoms with Gasteiger partial charge in [0.1, 0.15) is 0 Å². The van der Waals surface area contributed by atoms with Gasteiger partial charge in [0.25, 0.3) is 5.91 Å². The summed E-state index contributed by atoms with van der Waals surface area (Å²) in [7, 11) is -7.38. The van der Waals surface area contributed by atoms with Crippen molar-refractivity contribution in [3.8, 4) is 0 Å². The van der Waals surface area contributed by atoms with Gasteiger partial charge < -0.3 is 5.32 Å². The van der Waals surface area contributed by atoms with E-state index in [1.165, 1.54) is 24.3 Å². The normalized spacial score (nSPS) is 18.8. The van der Waals surface area contributed by atoms with Crippen LogP contribution in [0, 0.1) is 0 Å². The van der Waals surface area contributed by atoms with E-state index in [1.807, 2.05) is 0 Å². The second kappa shape index (κ2) is 8.00. The molecule has 0 saturated carbocycles. The third-order valence-corrected chi connectivity index (χ3v) is 7.69.